The Kier molecular flexibility index (Phi) is 4.87. The maximum Gasteiger partial charge on any atom is 0.190 e. The zero-order chi connectivity index (χ0) is 14.5. The number of thiazole rings is 1. The van der Waals surface area contributed by atoms with E-state index in [9.17, 15) is 4.79 Å². The molecule has 0 aliphatic rings. The average Bonchev–Trinajstić information content (AvgIpc) is 2.85. The highest BCUT2D eigenvalue weighted by atomic mass is 32.1. The second-order valence-electron chi connectivity index (χ2n) is 4.44. The lowest BCUT2D eigenvalue weighted by atomic mass is 10.2. The lowest BCUT2D eigenvalue weighted by Gasteiger charge is -2.20. The van der Waals surface area contributed by atoms with E-state index in [0.717, 1.165) is 23.6 Å². The van der Waals surface area contributed by atoms with Gasteiger partial charge in [-0.15, -0.1) is 0 Å². The van der Waals surface area contributed by atoms with Crippen LogP contribution in [-0.2, 0) is 11.3 Å². The molecule has 20 heavy (non-hydrogen) atoms. The first-order valence-electron chi connectivity index (χ1n) is 6.47. The number of methoxy groups -OCH3 is 1. The maximum atomic E-state index is 11.1. The summed E-state index contributed by atoms with van der Waals surface area (Å²) < 4.78 is 5.09. The summed E-state index contributed by atoms with van der Waals surface area (Å²) in [4.78, 5) is 18.4. The van der Waals surface area contributed by atoms with Gasteiger partial charge in [-0.2, -0.15) is 0 Å². The summed E-state index contributed by atoms with van der Waals surface area (Å²) >= 11 is 1.40. The van der Waals surface area contributed by atoms with Crippen LogP contribution in [0.25, 0.3) is 0 Å². The second kappa shape index (κ2) is 6.63. The quantitative estimate of drug-likeness (QED) is 0.763. The van der Waals surface area contributed by atoms with E-state index in [4.69, 9.17) is 4.74 Å². The third-order valence-electron chi connectivity index (χ3n) is 3.00. The Labute approximate surface area is 123 Å². The van der Waals surface area contributed by atoms with E-state index >= 15 is 0 Å². The molecule has 1 aromatic carbocycles. The zero-order valence-corrected chi connectivity index (χ0v) is 12.7. The van der Waals surface area contributed by atoms with Gasteiger partial charge in [-0.25, -0.2) is 4.98 Å². The minimum absolute atomic E-state index is 0.357. The van der Waals surface area contributed by atoms with Crippen LogP contribution in [0.15, 0.2) is 24.3 Å². The van der Waals surface area contributed by atoms with Crippen molar-refractivity contribution in [2.24, 2.45) is 0 Å². The van der Waals surface area contributed by atoms with Crippen molar-refractivity contribution in [3.8, 4) is 0 Å². The van der Waals surface area contributed by atoms with E-state index in [0.29, 0.717) is 17.2 Å². The first-order valence-corrected chi connectivity index (χ1v) is 7.29. The van der Waals surface area contributed by atoms with E-state index in [1.807, 2.05) is 0 Å². The Morgan fingerprint density at radius 3 is 2.60 bits per heavy atom. The molecule has 0 unspecified atom stereocenters. The van der Waals surface area contributed by atoms with Crippen LogP contribution in [0, 0.1) is 6.92 Å². The van der Waals surface area contributed by atoms with Gasteiger partial charge >= 0.3 is 0 Å². The number of anilines is 2. The zero-order valence-electron chi connectivity index (χ0n) is 11.9. The first kappa shape index (κ1) is 14.7. The molecule has 0 saturated carbocycles. The Hall–Kier alpha value is -1.72. The predicted molar refractivity (Wildman–Crippen MR) is 82.1 cm³/mol. The topological polar surface area (TPSA) is 42.4 Å². The molecular formula is C15H18N2O2S. The van der Waals surface area contributed by atoms with Crippen molar-refractivity contribution in [2.75, 3.05) is 18.6 Å². The average molecular weight is 290 g/mol. The van der Waals surface area contributed by atoms with Crippen LogP contribution >= 0.6 is 11.3 Å². The van der Waals surface area contributed by atoms with Crippen LogP contribution in [0.4, 0.5) is 10.8 Å². The molecule has 0 bridgehead atoms. The number of nitrogens with zero attached hydrogens (tertiary/aromatic N) is 2. The van der Waals surface area contributed by atoms with Gasteiger partial charge in [-0.1, -0.05) is 29.0 Å². The SMILES string of the molecule is CCN(c1ccc(C)cc1)c1nc(COC)c(C=O)s1. The molecule has 0 fully saturated rings. The molecule has 0 radical (unpaired) electrons. The van der Waals surface area contributed by atoms with Gasteiger partial charge in [0.25, 0.3) is 0 Å². The number of benzene rings is 1. The lowest BCUT2D eigenvalue weighted by molar-refractivity contribution is 0.112. The number of aryl methyl sites for hydroxylation is 1. The molecule has 0 aliphatic carbocycles. The Morgan fingerprint density at radius 1 is 1.35 bits per heavy atom. The van der Waals surface area contributed by atoms with E-state index < -0.39 is 0 Å². The van der Waals surface area contributed by atoms with Crippen LogP contribution in [0.2, 0.25) is 0 Å². The van der Waals surface area contributed by atoms with Gasteiger partial charge < -0.3 is 9.64 Å². The van der Waals surface area contributed by atoms with Crippen molar-refractivity contribution in [3.05, 3.63) is 40.4 Å². The molecular weight excluding hydrogens is 272 g/mol. The molecule has 0 amide bonds. The summed E-state index contributed by atoms with van der Waals surface area (Å²) in [6.45, 7) is 5.28. The fourth-order valence-electron chi connectivity index (χ4n) is 1.95. The molecule has 106 valence electrons. The summed E-state index contributed by atoms with van der Waals surface area (Å²) in [5.41, 5.74) is 3.00. The van der Waals surface area contributed by atoms with Crippen molar-refractivity contribution < 1.29 is 9.53 Å². The van der Waals surface area contributed by atoms with Gasteiger partial charge in [0.1, 0.15) is 0 Å². The molecule has 2 aromatic rings. The van der Waals surface area contributed by atoms with Crippen molar-refractivity contribution in [1.29, 1.82) is 0 Å². The van der Waals surface area contributed by atoms with Crippen molar-refractivity contribution >= 4 is 28.4 Å². The molecule has 1 aromatic heterocycles. The number of hydrogen-bond acceptors (Lipinski definition) is 5. The largest absolute Gasteiger partial charge is 0.378 e. The molecule has 0 spiro atoms. The van der Waals surface area contributed by atoms with Crippen molar-refractivity contribution in [2.45, 2.75) is 20.5 Å². The van der Waals surface area contributed by atoms with Crippen molar-refractivity contribution in [3.63, 3.8) is 0 Å². The lowest BCUT2D eigenvalue weighted by Crippen LogP contribution is -2.15. The van der Waals surface area contributed by atoms with Gasteiger partial charge in [0.05, 0.1) is 17.2 Å². The summed E-state index contributed by atoms with van der Waals surface area (Å²) in [7, 11) is 1.60. The number of rotatable bonds is 6. The fourth-order valence-corrected chi connectivity index (χ4v) is 2.92. The van der Waals surface area contributed by atoms with Crippen LogP contribution < -0.4 is 4.90 Å². The van der Waals surface area contributed by atoms with Gasteiger partial charge in [-0.3, -0.25) is 4.79 Å². The Morgan fingerprint density at radius 2 is 2.05 bits per heavy atom. The summed E-state index contributed by atoms with van der Waals surface area (Å²) in [6.07, 6.45) is 0.846. The molecule has 0 N–H and O–H groups in total. The third kappa shape index (κ3) is 3.05. The fraction of sp³-hybridized carbons (Fsp3) is 0.333. The monoisotopic (exact) mass is 290 g/mol. The van der Waals surface area contributed by atoms with Gasteiger partial charge in [0.2, 0.25) is 0 Å². The highest BCUT2D eigenvalue weighted by molar-refractivity contribution is 7.17. The Bertz CT molecular complexity index is 578. The van der Waals surface area contributed by atoms with E-state index in [2.05, 4.69) is 48.0 Å². The normalized spacial score (nSPS) is 10.6. The minimum Gasteiger partial charge on any atom is -0.378 e. The smallest absolute Gasteiger partial charge is 0.190 e. The molecule has 1 heterocycles. The maximum absolute atomic E-state index is 11.1. The molecule has 0 atom stereocenters. The number of aromatic nitrogens is 1. The van der Waals surface area contributed by atoms with Crippen LogP contribution in [0.3, 0.4) is 0 Å². The standard InChI is InChI=1S/C15H18N2O2S/c1-4-17(12-7-5-11(2)6-8-12)15-16-13(10-19-3)14(9-18)20-15/h5-9H,4,10H2,1-3H3. The number of carbonyl (C=O) groups is 1. The molecule has 2 rings (SSSR count). The van der Waals surface area contributed by atoms with Crippen LogP contribution in [-0.4, -0.2) is 24.9 Å². The van der Waals surface area contributed by atoms with Crippen molar-refractivity contribution in [1.82, 2.24) is 4.98 Å². The van der Waals surface area contributed by atoms with Crippen LogP contribution in [0.5, 0.6) is 0 Å². The van der Waals surface area contributed by atoms with Gasteiger partial charge in [-0.05, 0) is 26.0 Å². The number of ether oxygens (including phenoxy) is 1. The van der Waals surface area contributed by atoms with E-state index in [-0.39, 0.29) is 0 Å². The minimum atomic E-state index is 0.357. The van der Waals surface area contributed by atoms with E-state index in [1.54, 1.807) is 7.11 Å². The summed E-state index contributed by atoms with van der Waals surface area (Å²) in [5.74, 6) is 0. The van der Waals surface area contributed by atoms with Gasteiger partial charge in [0.15, 0.2) is 11.4 Å². The number of carbonyl (C=O) groups excluding carboxylic acids is 1. The number of aldehydes is 1. The molecule has 0 aliphatic heterocycles. The van der Waals surface area contributed by atoms with E-state index in [1.165, 1.54) is 16.9 Å². The summed E-state index contributed by atoms with van der Waals surface area (Å²) in [6, 6.07) is 8.28. The third-order valence-corrected chi connectivity index (χ3v) is 4.04. The molecule has 5 heteroatoms. The first-order chi connectivity index (χ1) is 9.69. The molecule has 4 nitrogen and oxygen atoms in total. The predicted octanol–water partition coefficient (Wildman–Crippen LogP) is 3.57. The second-order valence-corrected chi connectivity index (χ2v) is 5.45. The summed E-state index contributed by atoms with van der Waals surface area (Å²) in [5, 5.41) is 0.825. The highest BCUT2D eigenvalue weighted by Crippen LogP contribution is 2.31. The highest BCUT2D eigenvalue weighted by Gasteiger charge is 2.16. The number of hydrogen-bond donors (Lipinski definition) is 0. The van der Waals surface area contributed by atoms with Gasteiger partial charge in [0, 0.05) is 19.3 Å². The molecule has 0 saturated heterocycles. The van der Waals surface area contributed by atoms with Crippen LogP contribution in [0.1, 0.15) is 27.9 Å². The Balaban J connectivity index is 2.36.